The molecule has 102 valence electrons. The molecule has 5 heteroatoms. The third kappa shape index (κ3) is 3.45. The lowest BCUT2D eigenvalue weighted by atomic mass is 10.1. The Morgan fingerprint density at radius 1 is 1.37 bits per heavy atom. The lowest BCUT2D eigenvalue weighted by Gasteiger charge is -2.13. The molecule has 0 fully saturated rings. The van der Waals surface area contributed by atoms with Crippen molar-refractivity contribution in [2.75, 3.05) is 6.54 Å². The number of hydrogen-bond acceptors (Lipinski definition) is 3. The Bertz CT molecular complexity index is 565. The normalized spacial score (nSPS) is 12.6. The summed E-state index contributed by atoms with van der Waals surface area (Å²) in [5, 5.41) is 18.5. The van der Waals surface area contributed by atoms with Crippen LogP contribution in [0.2, 0.25) is 0 Å². The molecule has 1 heterocycles. The van der Waals surface area contributed by atoms with E-state index in [1.165, 1.54) is 0 Å². The van der Waals surface area contributed by atoms with Crippen molar-refractivity contribution in [3.63, 3.8) is 0 Å². The summed E-state index contributed by atoms with van der Waals surface area (Å²) in [5.74, 6) is 0. The number of thiophene rings is 1. The van der Waals surface area contributed by atoms with Crippen LogP contribution in [0.25, 0.3) is 10.1 Å². The van der Waals surface area contributed by atoms with Crippen molar-refractivity contribution in [3.05, 3.63) is 35.2 Å². The van der Waals surface area contributed by atoms with Crippen molar-refractivity contribution < 1.29 is 9.90 Å². The van der Waals surface area contributed by atoms with Crippen LogP contribution in [0.15, 0.2) is 29.6 Å². The van der Waals surface area contributed by atoms with Gasteiger partial charge in [0.25, 0.3) is 0 Å². The minimum Gasteiger partial charge on any atom is -0.387 e. The molecule has 2 rings (SSSR count). The molecule has 19 heavy (non-hydrogen) atoms. The molecule has 0 saturated carbocycles. The van der Waals surface area contributed by atoms with Gasteiger partial charge in [0.15, 0.2) is 0 Å². The number of nitrogens with one attached hydrogen (secondary N) is 2. The second-order valence-electron chi connectivity index (χ2n) is 4.71. The number of carbonyl (C=O) groups excluding carboxylic acids is 1. The zero-order valence-corrected chi connectivity index (χ0v) is 11.8. The summed E-state index contributed by atoms with van der Waals surface area (Å²) in [7, 11) is 0. The first kappa shape index (κ1) is 13.8. The van der Waals surface area contributed by atoms with Crippen LogP contribution in [0.4, 0.5) is 4.79 Å². The number of benzene rings is 1. The standard InChI is InChI=1S/C14H18N2O2S/c1-9(2)16-14(18)15-7-12(17)11-8-19-13-6-4-3-5-10(11)13/h3-6,8-9,12,17H,7H2,1-2H3,(H2,15,16,18). The second-order valence-corrected chi connectivity index (χ2v) is 5.62. The first-order valence-corrected chi connectivity index (χ1v) is 7.14. The van der Waals surface area contributed by atoms with Gasteiger partial charge in [-0.3, -0.25) is 0 Å². The van der Waals surface area contributed by atoms with E-state index in [1.807, 2.05) is 43.5 Å². The van der Waals surface area contributed by atoms with Crippen molar-refractivity contribution >= 4 is 27.5 Å². The van der Waals surface area contributed by atoms with Crippen LogP contribution in [-0.2, 0) is 0 Å². The summed E-state index contributed by atoms with van der Waals surface area (Å²) in [6, 6.07) is 7.76. The molecule has 0 aliphatic rings. The van der Waals surface area contributed by atoms with Gasteiger partial charge in [-0.05, 0) is 30.7 Å². The van der Waals surface area contributed by atoms with Crippen molar-refractivity contribution in [3.8, 4) is 0 Å². The molecule has 1 aromatic heterocycles. The molecule has 0 aliphatic carbocycles. The van der Waals surface area contributed by atoms with Gasteiger partial charge in [0.2, 0.25) is 0 Å². The van der Waals surface area contributed by atoms with E-state index in [9.17, 15) is 9.90 Å². The number of hydrogen-bond donors (Lipinski definition) is 3. The van der Waals surface area contributed by atoms with E-state index >= 15 is 0 Å². The summed E-state index contributed by atoms with van der Waals surface area (Å²) in [6.07, 6.45) is -0.686. The largest absolute Gasteiger partial charge is 0.387 e. The van der Waals surface area contributed by atoms with Gasteiger partial charge in [-0.25, -0.2) is 4.79 Å². The molecule has 0 aliphatic heterocycles. The zero-order chi connectivity index (χ0) is 13.8. The minimum atomic E-state index is -0.686. The average Bonchev–Trinajstić information content (AvgIpc) is 2.79. The van der Waals surface area contributed by atoms with Crippen LogP contribution in [0, 0.1) is 0 Å². The fourth-order valence-electron chi connectivity index (χ4n) is 1.87. The monoisotopic (exact) mass is 278 g/mol. The Hall–Kier alpha value is -1.59. The van der Waals surface area contributed by atoms with Gasteiger partial charge in [-0.1, -0.05) is 18.2 Å². The van der Waals surface area contributed by atoms with Crippen LogP contribution < -0.4 is 10.6 Å². The number of aliphatic hydroxyl groups is 1. The molecule has 2 amide bonds. The highest BCUT2D eigenvalue weighted by Gasteiger charge is 2.14. The summed E-state index contributed by atoms with van der Waals surface area (Å²) < 4.78 is 1.14. The van der Waals surface area contributed by atoms with E-state index in [4.69, 9.17) is 0 Å². The Morgan fingerprint density at radius 3 is 2.84 bits per heavy atom. The smallest absolute Gasteiger partial charge is 0.315 e. The molecule has 1 atom stereocenters. The second kappa shape index (κ2) is 6.04. The maximum atomic E-state index is 11.5. The highest BCUT2D eigenvalue weighted by Crippen LogP contribution is 2.29. The van der Waals surface area contributed by atoms with Gasteiger partial charge in [-0.15, -0.1) is 11.3 Å². The summed E-state index contributed by atoms with van der Waals surface area (Å²) in [6.45, 7) is 3.99. The quantitative estimate of drug-likeness (QED) is 0.805. The van der Waals surface area contributed by atoms with E-state index < -0.39 is 6.10 Å². The average molecular weight is 278 g/mol. The first-order valence-electron chi connectivity index (χ1n) is 6.26. The molecule has 0 bridgehead atoms. The third-order valence-electron chi connectivity index (χ3n) is 2.75. The molecule has 0 radical (unpaired) electrons. The van der Waals surface area contributed by atoms with Crippen molar-refractivity contribution in [1.29, 1.82) is 0 Å². The molecule has 3 N–H and O–H groups in total. The van der Waals surface area contributed by atoms with Crippen molar-refractivity contribution in [2.24, 2.45) is 0 Å². The van der Waals surface area contributed by atoms with Gasteiger partial charge < -0.3 is 15.7 Å². The molecule has 4 nitrogen and oxygen atoms in total. The molecule has 1 unspecified atom stereocenters. The molecule has 0 spiro atoms. The Labute approximate surface area is 116 Å². The lowest BCUT2D eigenvalue weighted by Crippen LogP contribution is -2.41. The SMILES string of the molecule is CC(C)NC(=O)NCC(O)c1csc2ccccc12. The van der Waals surface area contributed by atoms with Crippen LogP contribution in [-0.4, -0.2) is 23.7 Å². The van der Waals surface area contributed by atoms with Gasteiger partial charge in [0.1, 0.15) is 0 Å². The fraction of sp³-hybridized carbons (Fsp3) is 0.357. The van der Waals surface area contributed by atoms with E-state index in [0.29, 0.717) is 0 Å². The highest BCUT2D eigenvalue weighted by atomic mass is 32.1. The van der Waals surface area contributed by atoms with Crippen LogP contribution in [0.5, 0.6) is 0 Å². The number of amides is 2. The topological polar surface area (TPSA) is 61.4 Å². The number of fused-ring (bicyclic) bond motifs is 1. The molecule has 2 aromatic rings. The van der Waals surface area contributed by atoms with E-state index in [0.717, 1.165) is 15.6 Å². The van der Waals surface area contributed by atoms with E-state index in [1.54, 1.807) is 11.3 Å². The maximum Gasteiger partial charge on any atom is 0.315 e. The van der Waals surface area contributed by atoms with Gasteiger partial charge in [0.05, 0.1) is 6.10 Å². The maximum absolute atomic E-state index is 11.5. The third-order valence-corrected chi connectivity index (χ3v) is 3.73. The minimum absolute atomic E-state index is 0.0825. The van der Waals surface area contributed by atoms with E-state index in [2.05, 4.69) is 10.6 Å². The molecule has 1 aromatic carbocycles. The predicted molar refractivity (Wildman–Crippen MR) is 78.5 cm³/mol. The number of carbonyl (C=O) groups is 1. The number of urea groups is 1. The Kier molecular flexibility index (Phi) is 4.39. The van der Waals surface area contributed by atoms with Gasteiger partial charge in [-0.2, -0.15) is 0 Å². The molecular weight excluding hydrogens is 260 g/mol. The highest BCUT2D eigenvalue weighted by molar-refractivity contribution is 7.17. The lowest BCUT2D eigenvalue weighted by molar-refractivity contribution is 0.174. The van der Waals surface area contributed by atoms with Crippen LogP contribution in [0.1, 0.15) is 25.5 Å². The van der Waals surface area contributed by atoms with E-state index in [-0.39, 0.29) is 18.6 Å². The zero-order valence-electron chi connectivity index (χ0n) is 11.0. The van der Waals surface area contributed by atoms with Crippen LogP contribution >= 0.6 is 11.3 Å². The van der Waals surface area contributed by atoms with Gasteiger partial charge >= 0.3 is 6.03 Å². The number of rotatable bonds is 4. The van der Waals surface area contributed by atoms with Crippen molar-refractivity contribution in [2.45, 2.75) is 26.0 Å². The van der Waals surface area contributed by atoms with Crippen molar-refractivity contribution in [1.82, 2.24) is 10.6 Å². The fourth-order valence-corrected chi connectivity index (χ4v) is 2.88. The Morgan fingerprint density at radius 2 is 2.11 bits per heavy atom. The van der Waals surface area contributed by atoms with Crippen LogP contribution in [0.3, 0.4) is 0 Å². The first-order chi connectivity index (χ1) is 9.08. The van der Waals surface area contributed by atoms with Gasteiger partial charge in [0, 0.05) is 22.8 Å². The molecular formula is C14H18N2O2S. The summed E-state index contributed by atoms with van der Waals surface area (Å²) in [5.41, 5.74) is 0.866. The Balaban J connectivity index is 2.00. The summed E-state index contributed by atoms with van der Waals surface area (Å²) in [4.78, 5) is 11.5. The predicted octanol–water partition coefficient (Wildman–Crippen LogP) is 2.64. The summed E-state index contributed by atoms with van der Waals surface area (Å²) >= 11 is 1.60. The number of aliphatic hydroxyl groups excluding tert-OH is 1. The molecule has 0 saturated heterocycles.